The average Bonchev–Trinajstić information content (AvgIpc) is 2.92. The molecule has 4 nitrogen and oxygen atoms in total. The van der Waals surface area contributed by atoms with Crippen LogP contribution in [0.2, 0.25) is 0 Å². The van der Waals surface area contributed by atoms with Crippen LogP contribution in [-0.4, -0.2) is 41.1 Å². The lowest BCUT2D eigenvalue weighted by Crippen LogP contribution is -2.25. The third kappa shape index (κ3) is 2.84. The number of ether oxygens (including phenoxy) is 1. The predicted molar refractivity (Wildman–Crippen MR) is 75.4 cm³/mol. The van der Waals surface area contributed by atoms with Gasteiger partial charge in [-0.25, -0.2) is 4.98 Å². The van der Waals surface area contributed by atoms with Gasteiger partial charge in [0.1, 0.15) is 6.61 Å². The number of rotatable bonds is 4. The molecule has 0 atom stereocenters. The normalized spacial score (nSPS) is 16.1. The van der Waals surface area contributed by atoms with Gasteiger partial charge in [-0.1, -0.05) is 0 Å². The molecule has 0 radical (unpaired) electrons. The van der Waals surface area contributed by atoms with E-state index in [-0.39, 0.29) is 0 Å². The fraction of sp³-hybridized carbons (Fsp3) is 0.467. The number of hydrogen-bond donors (Lipinski definition) is 0. The van der Waals surface area contributed by atoms with Crippen molar-refractivity contribution in [3.05, 3.63) is 30.1 Å². The summed E-state index contributed by atoms with van der Waals surface area (Å²) in [6.45, 7) is 6.12. The second kappa shape index (κ2) is 5.53. The van der Waals surface area contributed by atoms with E-state index in [1.807, 2.05) is 25.1 Å². The van der Waals surface area contributed by atoms with Crippen molar-refractivity contribution in [2.24, 2.45) is 0 Å². The van der Waals surface area contributed by atoms with Crippen LogP contribution in [0.3, 0.4) is 0 Å². The van der Waals surface area contributed by atoms with Gasteiger partial charge in [-0.15, -0.1) is 0 Å². The highest BCUT2D eigenvalue weighted by molar-refractivity contribution is 5.80. The standard InChI is InChI=1S/C15H19N3O/c1-12-13-4-5-15(17-14(13)6-7-16-12)19-11-10-18-8-2-3-9-18/h4-7H,2-3,8-11H2,1H3. The quantitative estimate of drug-likeness (QED) is 0.843. The van der Waals surface area contributed by atoms with Gasteiger partial charge in [0.05, 0.1) is 5.52 Å². The van der Waals surface area contributed by atoms with Gasteiger partial charge >= 0.3 is 0 Å². The molecule has 3 heterocycles. The molecule has 0 aromatic carbocycles. The van der Waals surface area contributed by atoms with Gasteiger partial charge in [0.25, 0.3) is 0 Å². The first kappa shape index (κ1) is 12.4. The molecule has 0 N–H and O–H groups in total. The monoisotopic (exact) mass is 257 g/mol. The van der Waals surface area contributed by atoms with E-state index < -0.39 is 0 Å². The molecule has 19 heavy (non-hydrogen) atoms. The molecule has 100 valence electrons. The van der Waals surface area contributed by atoms with Crippen LogP contribution in [-0.2, 0) is 0 Å². The third-order valence-electron chi connectivity index (χ3n) is 3.65. The van der Waals surface area contributed by atoms with Crippen molar-refractivity contribution < 1.29 is 4.74 Å². The molecule has 0 saturated carbocycles. The minimum Gasteiger partial charge on any atom is -0.476 e. The van der Waals surface area contributed by atoms with Crippen LogP contribution in [0.4, 0.5) is 0 Å². The Hall–Kier alpha value is -1.68. The van der Waals surface area contributed by atoms with E-state index >= 15 is 0 Å². The number of aromatic nitrogens is 2. The molecule has 3 rings (SSSR count). The van der Waals surface area contributed by atoms with Crippen LogP contribution in [0, 0.1) is 6.92 Å². The zero-order valence-corrected chi connectivity index (χ0v) is 11.3. The van der Waals surface area contributed by atoms with Gasteiger partial charge < -0.3 is 4.74 Å². The van der Waals surface area contributed by atoms with Crippen LogP contribution in [0.1, 0.15) is 18.5 Å². The summed E-state index contributed by atoms with van der Waals surface area (Å²) in [5, 5.41) is 1.09. The van der Waals surface area contributed by atoms with E-state index in [0.717, 1.165) is 23.1 Å². The molecule has 1 fully saturated rings. The summed E-state index contributed by atoms with van der Waals surface area (Å²) >= 11 is 0. The Labute approximate surface area is 113 Å². The van der Waals surface area contributed by atoms with Gasteiger partial charge in [-0.05, 0) is 45.0 Å². The fourth-order valence-corrected chi connectivity index (χ4v) is 2.54. The maximum atomic E-state index is 5.74. The van der Waals surface area contributed by atoms with E-state index in [0.29, 0.717) is 12.5 Å². The second-order valence-electron chi connectivity index (χ2n) is 5.01. The number of likely N-dealkylation sites (tertiary alicyclic amines) is 1. The van der Waals surface area contributed by atoms with Crippen LogP contribution < -0.4 is 4.74 Å². The van der Waals surface area contributed by atoms with E-state index in [4.69, 9.17) is 4.74 Å². The Morgan fingerprint density at radius 2 is 2.05 bits per heavy atom. The number of pyridine rings is 2. The first-order valence-corrected chi connectivity index (χ1v) is 6.90. The second-order valence-corrected chi connectivity index (χ2v) is 5.01. The maximum absolute atomic E-state index is 5.74. The Morgan fingerprint density at radius 3 is 2.89 bits per heavy atom. The molecular formula is C15H19N3O. The number of nitrogens with zero attached hydrogens (tertiary/aromatic N) is 3. The smallest absolute Gasteiger partial charge is 0.213 e. The summed E-state index contributed by atoms with van der Waals surface area (Å²) in [7, 11) is 0. The zero-order chi connectivity index (χ0) is 13.1. The highest BCUT2D eigenvalue weighted by atomic mass is 16.5. The number of aryl methyl sites for hydroxylation is 1. The lowest BCUT2D eigenvalue weighted by atomic mass is 10.2. The minimum absolute atomic E-state index is 0.706. The number of fused-ring (bicyclic) bond motifs is 1. The average molecular weight is 257 g/mol. The first-order chi connectivity index (χ1) is 9.33. The molecule has 0 bridgehead atoms. The molecule has 0 aliphatic carbocycles. The molecule has 1 aliphatic heterocycles. The SMILES string of the molecule is Cc1nccc2nc(OCCN3CCCC3)ccc12. The molecule has 2 aromatic heterocycles. The molecule has 0 amide bonds. The van der Waals surface area contributed by atoms with Crippen LogP contribution >= 0.6 is 0 Å². The lowest BCUT2D eigenvalue weighted by Gasteiger charge is -2.14. The van der Waals surface area contributed by atoms with Crippen LogP contribution in [0.5, 0.6) is 5.88 Å². The molecule has 0 spiro atoms. The molecule has 0 unspecified atom stereocenters. The van der Waals surface area contributed by atoms with Gasteiger partial charge in [-0.2, -0.15) is 0 Å². The molecule has 1 saturated heterocycles. The topological polar surface area (TPSA) is 38.3 Å². The Balaban J connectivity index is 1.64. The molecule has 1 aliphatic rings. The van der Waals surface area contributed by atoms with E-state index in [1.165, 1.54) is 25.9 Å². The summed E-state index contributed by atoms with van der Waals surface area (Å²) in [5.74, 6) is 0.706. The summed E-state index contributed by atoms with van der Waals surface area (Å²) in [5.41, 5.74) is 1.96. The van der Waals surface area contributed by atoms with Crippen LogP contribution in [0.15, 0.2) is 24.4 Å². The summed E-state index contributed by atoms with van der Waals surface area (Å²) in [6.07, 6.45) is 4.43. The van der Waals surface area contributed by atoms with Crippen molar-refractivity contribution in [2.75, 3.05) is 26.2 Å². The van der Waals surface area contributed by atoms with Crippen molar-refractivity contribution in [3.63, 3.8) is 0 Å². The Morgan fingerprint density at radius 1 is 1.21 bits per heavy atom. The molecule has 2 aromatic rings. The van der Waals surface area contributed by atoms with Crippen molar-refractivity contribution >= 4 is 10.9 Å². The van der Waals surface area contributed by atoms with Crippen LogP contribution in [0.25, 0.3) is 10.9 Å². The van der Waals surface area contributed by atoms with Crippen molar-refractivity contribution in [1.82, 2.24) is 14.9 Å². The van der Waals surface area contributed by atoms with Gasteiger partial charge in [0.2, 0.25) is 5.88 Å². The largest absolute Gasteiger partial charge is 0.476 e. The highest BCUT2D eigenvalue weighted by Gasteiger charge is 2.11. The van der Waals surface area contributed by atoms with Gasteiger partial charge in [0.15, 0.2) is 0 Å². The highest BCUT2D eigenvalue weighted by Crippen LogP contribution is 2.18. The lowest BCUT2D eigenvalue weighted by molar-refractivity contribution is 0.232. The summed E-state index contributed by atoms with van der Waals surface area (Å²) < 4.78 is 5.74. The maximum Gasteiger partial charge on any atom is 0.213 e. The van der Waals surface area contributed by atoms with E-state index in [2.05, 4.69) is 14.9 Å². The van der Waals surface area contributed by atoms with Gasteiger partial charge in [0, 0.05) is 29.9 Å². The third-order valence-corrected chi connectivity index (χ3v) is 3.65. The van der Waals surface area contributed by atoms with E-state index in [9.17, 15) is 0 Å². The summed E-state index contributed by atoms with van der Waals surface area (Å²) in [6, 6.07) is 5.90. The fourth-order valence-electron chi connectivity index (χ4n) is 2.54. The zero-order valence-electron chi connectivity index (χ0n) is 11.3. The van der Waals surface area contributed by atoms with Crippen molar-refractivity contribution in [2.45, 2.75) is 19.8 Å². The Kier molecular flexibility index (Phi) is 3.60. The Bertz CT molecular complexity index is 564. The minimum atomic E-state index is 0.706. The van der Waals surface area contributed by atoms with Gasteiger partial charge in [-0.3, -0.25) is 9.88 Å². The summed E-state index contributed by atoms with van der Waals surface area (Å²) in [4.78, 5) is 11.2. The van der Waals surface area contributed by atoms with E-state index in [1.54, 1.807) is 6.20 Å². The molecule has 4 heteroatoms. The number of hydrogen-bond acceptors (Lipinski definition) is 4. The first-order valence-electron chi connectivity index (χ1n) is 6.90. The van der Waals surface area contributed by atoms with Crippen molar-refractivity contribution in [1.29, 1.82) is 0 Å². The van der Waals surface area contributed by atoms with Crippen molar-refractivity contribution in [3.8, 4) is 5.88 Å². The predicted octanol–water partition coefficient (Wildman–Crippen LogP) is 2.41. The molecular weight excluding hydrogens is 238 g/mol.